The van der Waals surface area contributed by atoms with Gasteiger partial charge in [-0.3, -0.25) is 0 Å². The predicted octanol–water partition coefficient (Wildman–Crippen LogP) is 0.530. The predicted molar refractivity (Wildman–Crippen MR) is 75.9 cm³/mol. The second-order valence-electron chi connectivity index (χ2n) is 5.18. The molecule has 108 valence electrons. The molecular formula is C13H14FN7. The lowest BCUT2D eigenvalue weighted by Crippen LogP contribution is -2.44. The molecule has 0 saturated carbocycles. The van der Waals surface area contributed by atoms with Crippen molar-refractivity contribution in [2.24, 2.45) is 0 Å². The van der Waals surface area contributed by atoms with Gasteiger partial charge in [-0.15, -0.1) is 5.10 Å². The van der Waals surface area contributed by atoms with Crippen molar-refractivity contribution in [2.75, 3.05) is 31.1 Å². The van der Waals surface area contributed by atoms with E-state index in [4.69, 9.17) is 0 Å². The molecular weight excluding hydrogens is 273 g/mol. The maximum Gasteiger partial charge on any atom is 0.222 e. The highest BCUT2D eigenvalue weighted by molar-refractivity contribution is 5.83. The quantitative estimate of drug-likeness (QED) is 0.704. The van der Waals surface area contributed by atoms with E-state index in [0.717, 1.165) is 32.0 Å². The fourth-order valence-corrected chi connectivity index (χ4v) is 2.66. The molecule has 1 aromatic carbocycles. The Morgan fingerprint density at radius 3 is 2.86 bits per heavy atom. The topological polar surface area (TPSA) is 71.2 Å². The minimum Gasteiger partial charge on any atom is -0.351 e. The highest BCUT2D eigenvalue weighted by atomic mass is 19.1. The lowest BCUT2D eigenvalue weighted by Gasteiger charge is -2.28. The van der Waals surface area contributed by atoms with Gasteiger partial charge in [0, 0.05) is 32.2 Å². The van der Waals surface area contributed by atoms with Crippen molar-refractivity contribution in [3.63, 3.8) is 0 Å². The summed E-state index contributed by atoms with van der Waals surface area (Å²) < 4.78 is 15.4. The molecule has 1 N–H and O–H groups in total. The van der Waals surface area contributed by atoms with Crippen molar-refractivity contribution in [3.05, 3.63) is 23.5 Å². The molecule has 2 aromatic heterocycles. The monoisotopic (exact) mass is 287 g/mol. The number of anilines is 1. The Bertz CT molecular complexity index is 822. The van der Waals surface area contributed by atoms with Gasteiger partial charge in [0.1, 0.15) is 5.82 Å². The van der Waals surface area contributed by atoms with Crippen LogP contribution in [0.3, 0.4) is 0 Å². The number of nitrogens with one attached hydrogen (secondary N) is 1. The van der Waals surface area contributed by atoms with Crippen LogP contribution in [-0.4, -0.2) is 51.2 Å². The minimum absolute atomic E-state index is 0.281. The van der Waals surface area contributed by atoms with Crippen LogP contribution >= 0.6 is 0 Å². The van der Waals surface area contributed by atoms with Gasteiger partial charge >= 0.3 is 0 Å². The lowest BCUT2D eigenvalue weighted by atomic mass is 10.2. The van der Waals surface area contributed by atoms with Crippen LogP contribution in [0.5, 0.6) is 0 Å². The van der Waals surface area contributed by atoms with Gasteiger partial charge in [0.15, 0.2) is 5.82 Å². The first-order valence-electron chi connectivity index (χ1n) is 6.87. The fraction of sp³-hybridized carbons (Fsp3) is 0.385. The molecule has 0 radical (unpaired) electrons. The lowest BCUT2D eigenvalue weighted by molar-refractivity contribution is 0.585. The number of aryl methyl sites for hydroxylation is 1. The van der Waals surface area contributed by atoms with Gasteiger partial charge in [0.2, 0.25) is 5.65 Å². The molecule has 0 spiro atoms. The van der Waals surface area contributed by atoms with Crippen molar-refractivity contribution >= 4 is 22.5 Å². The van der Waals surface area contributed by atoms with Gasteiger partial charge in [0.25, 0.3) is 0 Å². The van der Waals surface area contributed by atoms with Crippen LogP contribution in [0.2, 0.25) is 0 Å². The van der Waals surface area contributed by atoms with E-state index in [0.29, 0.717) is 22.2 Å². The van der Waals surface area contributed by atoms with Gasteiger partial charge in [-0.2, -0.15) is 4.52 Å². The van der Waals surface area contributed by atoms with Crippen LogP contribution in [0.1, 0.15) is 5.56 Å². The van der Waals surface area contributed by atoms with Gasteiger partial charge in [0.05, 0.1) is 11.0 Å². The molecule has 1 saturated heterocycles. The summed E-state index contributed by atoms with van der Waals surface area (Å²) >= 11 is 0. The number of aromatic nitrogens is 5. The third-order valence-electron chi connectivity index (χ3n) is 3.80. The zero-order valence-electron chi connectivity index (χ0n) is 11.5. The second-order valence-corrected chi connectivity index (χ2v) is 5.18. The molecule has 0 bridgehead atoms. The SMILES string of the molecule is Cc1cc2nc(N3CCNCC3)c3nnnn3c2cc1F. The van der Waals surface area contributed by atoms with E-state index in [2.05, 4.69) is 30.7 Å². The summed E-state index contributed by atoms with van der Waals surface area (Å²) in [7, 11) is 0. The summed E-state index contributed by atoms with van der Waals surface area (Å²) in [5, 5.41) is 15.1. The first-order chi connectivity index (χ1) is 10.2. The molecule has 4 rings (SSSR count). The molecule has 8 heteroatoms. The Balaban J connectivity index is 2.00. The standard InChI is InChI=1S/C13H14FN7/c1-8-6-10-11(7-9(8)14)21-13(17-18-19-21)12(16-10)20-4-2-15-3-5-20/h6-7,15H,2-5H2,1H3. The number of nitrogens with zero attached hydrogens (tertiary/aromatic N) is 6. The number of hydrogen-bond acceptors (Lipinski definition) is 6. The van der Waals surface area contributed by atoms with E-state index in [1.807, 2.05) is 0 Å². The van der Waals surface area contributed by atoms with Crippen LogP contribution in [0.4, 0.5) is 10.2 Å². The zero-order valence-corrected chi connectivity index (χ0v) is 11.5. The fourth-order valence-electron chi connectivity index (χ4n) is 2.66. The zero-order chi connectivity index (χ0) is 14.4. The molecule has 7 nitrogen and oxygen atoms in total. The molecule has 0 atom stereocenters. The summed E-state index contributed by atoms with van der Waals surface area (Å²) in [6, 6.07) is 3.17. The van der Waals surface area contributed by atoms with Gasteiger partial charge in [-0.05, 0) is 29.0 Å². The third-order valence-corrected chi connectivity index (χ3v) is 3.80. The van der Waals surface area contributed by atoms with Crippen LogP contribution in [0, 0.1) is 12.7 Å². The molecule has 1 aliphatic heterocycles. The van der Waals surface area contributed by atoms with E-state index >= 15 is 0 Å². The van der Waals surface area contributed by atoms with Crippen LogP contribution in [0.25, 0.3) is 16.7 Å². The number of tetrazole rings is 1. The summed E-state index contributed by atoms with van der Waals surface area (Å²) in [6.45, 7) is 5.22. The van der Waals surface area contributed by atoms with Crippen molar-refractivity contribution in [2.45, 2.75) is 6.92 Å². The first kappa shape index (κ1) is 12.4. The van der Waals surface area contributed by atoms with E-state index in [9.17, 15) is 4.39 Å². The third kappa shape index (κ3) is 1.90. The Hall–Kier alpha value is -2.35. The maximum absolute atomic E-state index is 13.8. The smallest absolute Gasteiger partial charge is 0.222 e. The normalized spacial score (nSPS) is 16.0. The van der Waals surface area contributed by atoms with Gasteiger partial charge in [-0.25, -0.2) is 9.37 Å². The van der Waals surface area contributed by atoms with Crippen molar-refractivity contribution < 1.29 is 4.39 Å². The molecule has 1 fully saturated rings. The highest BCUT2D eigenvalue weighted by Crippen LogP contribution is 2.24. The Morgan fingerprint density at radius 2 is 2.05 bits per heavy atom. The average molecular weight is 287 g/mol. The first-order valence-corrected chi connectivity index (χ1v) is 6.87. The van der Waals surface area contributed by atoms with Crippen molar-refractivity contribution in [1.29, 1.82) is 0 Å². The summed E-state index contributed by atoms with van der Waals surface area (Å²) in [5.74, 6) is 0.469. The Morgan fingerprint density at radius 1 is 1.24 bits per heavy atom. The average Bonchev–Trinajstić information content (AvgIpc) is 2.99. The van der Waals surface area contributed by atoms with Crippen LogP contribution in [0.15, 0.2) is 12.1 Å². The van der Waals surface area contributed by atoms with E-state index in [1.54, 1.807) is 17.5 Å². The maximum atomic E-state index is 13.8. The molecule has 0 amide bonds. The summed E-state index contributed by atoms with van der Waals surface area (Å²) in [5.41, 5.74) is 2.40. The Labute approximate surface area is 119 Å². The molecule has 1 aliphatic rings. The van der Waals surface area contributed by atoms with Gasteiger partial charge < -0.3 is 10.2 Å². The van der Waals surface area contributed by atoms with E-state index in [1.165, 1.54) is 6.07 Å². The summed E-state index contributed by atoms with van der Waals surface area (Å²) in [4.78, 5) is 6.82. The number of halogens is 1. The van der Waals surface area contributed by atoms with Crippen molar-refractivity contribution in [3.8, 4) is 0 Å². The molecule has 3 heterocycles. The van der Waals surface area contributed by atoms with Gasteiger partial charge in [-0.1, -0.05) is 0 Å². The number of piperazine rings is 1. The number of hydrogen-bond donors (Lipinski definition) is 1. The highest BCUT2D eigenvalue weighted by Gasteiger charge is 2.19. The van der Waals surface area contributed by atoms with E-state index in [-0.39, 0.29) is 5.82 Å². The number of benzene rings is 1. The second kappa shape index (κ2) is 4.59. The summed E-state index contributed by atoms with van der Waals surface area (Å²) in [6.07, 6.45) is 0. The van der Waals surface area contributed by atoms with Crippen LogP contribution in [-0.2, 0) is 0 Å². The molecule has 3 aromatic rings. The molecule has 0 aliphatic carbocycles. The number of rotatable bonds is 1. The van der Waals surface area contributed by atoms with E-state index < -0.39 is 0 Å². The Kier molecular flexibility index (Phi) is 2.71. The molecule has 0 unspecified atom stereocenters. The van der Waals surface area contributed by atoms with Crippen LogP contribution < -0.4 is 10.2 Å². The van der Waals surface area contributed by atoms with Crippen molar-refractivity contribution in [1.82, 2.24) is 30.3 Å². The largest absolute Gasteiger partial charge is 0.351 e. The molecule has 21 heavy (non-hydrogen) atoms. The minimum atomic E-state index is -0.281. The number of fused-ring (bicyclic) bond motifs is 3.